The molecule has 0 amide bonds. The first-order valence-corrected chi connectivity index (χ1v) is 6.63. The molecule has 1 aliphatic rings. The molecule has 1 fully saturated rings. The third-order valence-corrected chi connectivity index (χ3v) is 3.75. The van der Waals surface area contributed by atoms with Crippen LogP contribution in [0.15, 0.2) is 18.2 Å². The summed E-state index contributed by atoms with van der Waals surface area (Å²) in [6.45, 7) is 3.81. The van der Waals surface area contributed by atoms with E-state index >= 15 is 0 Å². The topological polar surface area (TPSA) is 29.3 Å². The lowest BCUT2D eigenvalue weighted by Crippen LogP contribution is -2.32. The fourth-order valence-corrected chi connectivity index (χ4v) is 2.72. The van der Waals surface area contributed by atoms with Crippen molar-refractivity contribution in [3.63, 3.8) is 0 Å². The van der Waals surface area contributed by atoms with E-state index in [0.717, 1.165) is 31.6 Å². The van der Waals surface area contributed by atoms with Crippen LogP contribution in [0.4, 0.5) is 17.6 Å². The Balaban J connectivity index is 2.32. The maximum atomic E-state index is 13.5. The first kappa shape index (κ1) is 15.3. The highest BCUT2D eigenvalue weighted by Crippen LogP contribution is 2.34. The molecule has 1 aromatic rings. The molecular weight excluding hydrogens is 272 g/mol. The number of nitrogens with zero attached hydrogens (tertiary/aromatic N) is 1. The van der Waals surface area contributed by atoms with E-state index in [1.807, 2.05) is 4.90 Å². The van der Waals surface area contributed by atoms with Crippen molar-refractivity contribution in [2.75, 3.05) is 19.6 Å². The normalized spacial score (nSPS) is 22.2. The minimum atomic E-state index is -4.55. The van der Waals surface area contributed by atoms with Crippen molar-refractivity contribution < 1.29 is 17.6 Å². The second-order valence-electron chi connectivity index (χ2n) is 5.41. The molecule has 1 saturated heterocycles. The molecule has 2 rings (SSSR count). The Kier molecular flexibility index (Phi) is 4.34. The minimum Gasteiger partial charge on any atom is -0.329 e. The lowest BCUT2D eigenvalue weighted by molar-refractivity contribution is -0.137. The van der Waals surface area contributed by atoms with Gasteiger partial charge >= 0.3 is 6.18 Å². The molecule has 2 nitrogen and oxygen atoms in total. The first-order valence-electron chi connectivity index (χ1n) is 6.63. The Labute approximate surface area is 115 Å². The van der Waals surface area contributed by atoms with Crippen molar-refractivity contribution >= 4 is 0 Å². The summed E-state index contributed by atoms with van der Waals surface area (Å²) < 4.78 is 51.7. The van der Waals surface area contributed by atoms with Gasteiger partial charge in [-0.3, -0.25) is 4.90 Å². The summed E-state index contributed by atoms with van der Waals surface area (Å²) in [5.74, 6) is -0.389. The Bertz CT molecular complexity index is 473. The fraction of sp³-hybridized carbons (Fsp3) is 0.571. The van der Waals surface area contributed by atoms with E-state index < -0.39 is 17.6 Å². The van der Waals surface area contributed by atoms with Crippen LogP contribution < -0.4 is 5.73 Å². The number of hydrogen-bond donors (Lipinski definition) is 1. The van der Waals surface area contributed by atoms with Gasteiger partial charge in [0.1, 0.15) is 5.82 Å². The molecular formula is C14H18F4N2. The molecule has 2 atom stereocenters. The molecule has 0 aliphatic carbocycles. The predicted octanol–water partition coefficient (Wildman–Crippen LogP) is 3.19. The molecule has 1 aromatic carbocycles. The molecule has 2 N–H and O–H groups in total. The van der Waals surface area contributed by atoms with Crippen LogP contribution in [0, 0.1) is 11.7 Å². The van der Waals surface area contributed by atoms with E-state index in [2.05, 4.69) is 6.92 Å². The lowest BCUT2D eigenvalue weighted by Gasteiger charge is -2.27. The van der Waals surface area contributed by atoms with Crippen LogP contribution in [0.5, 0.6) is 0 Å². The number of halogens is 4. The molecule has 0 aromatic heterocycles. The molecule has 2 unspecified atom stereocenters. The number of hydrogen-bond acceptors (Lipinski definition) is 2. The third kappa shape index (κ3) is 3.30. The largest absolute Gasteiger partial charge is 0.416 e. The highest BCUT2D eigenvalue weighted by molar-refractivity contribution is 5.29. The van der Waals surface area contributed by atoms with Gasteiger partial charge in [-0.1, -0.05) is 6.92 Å². The van der Waals surface area contributed by atoms with E-state index in [1.165, 1.54) is 0 Å². The van der Waals surface area contributed by atoms with Crippen molar-refractivity contribution in [2.45, 2.75) is 25.6 Å². The predicted molar refractivity (Wildman–Crippen MR) is 68.6 cm³/mol. The molecule has 20 heavy (non-hydrogen) atoms. The maximum Gasteiger partial charge on any atom is 0.416 e. The number of nitrogens with two attached hydrogens (primary N) is 1. The molecule has 112 valence electrons. The van der Waals surface area contributed by atoms with E-state index in [-0.39, 0.29) is 12.6 Å². The highest BCUT2D eigenvalue weighted by atomic mass is 19.4. The number of likely N-dealkylation sites (tertiary alicyclic amines) is 1. The van der Waals surface area contributed by atoms with E-state index in [4.69, 9.17) is 5.73 Å². The highest BCUT2D eigenvalue weighted by Gasteiger charge is 2.33. The van der Waals surface area contributed by atoms with Crippen LogP contribution in [-0.2, 0) is 6.18 Å². The average molecular weight is 290 g/mol. The van der Waals surface area contributed by atoms with Gasteiger partial charge in [0.05, 0.1) is 5.56 Å². The van der Waals surface area contributed by atoms with Gasteiger partial charge in [-0.2, -0.15) is 13.2 Å². The zero-order valence-corrected chi connectivity index (χ0v) is 11.3. The summed E-state index contributed by atoms with van der Waals surface area (Å²) in [6, 6.07) is 2.31. The minimum absolute atomic E-state index is 0.174. The van der Waals surface area contributed by atoms with Crippen LogP contribution in [0.1, 0.15) is 30.5 Å². The summed E-state index contributed by atoms with van der Waals surface area (Å²) in [5.41, 5.74) is 5.03. The zero-order valence-electron chi connectivity index (χ0n) is 11.3. The summed E-state index contributed by atoms with van der Waals surface area (Å²) in [4.78, 5) is 2.03. The maximum absolute atomic E-state index is 13.5. The molecule has 0 radical (unpaired) electrons. The van der Waals surface area contributed by atoms with E-state index in [0.29, 0.717) is 17.5 Å². The van der Waals surface area contributed by atoms with Crippen LogP contribution in [0.2, 0.25) is 0 Å². The SMILES string of the molecule is CC1CCN(C(CN)c2cc(F)cc(C(F)(F)F)c2)C1. The van der Waals surface area contributed by atoms with E-state index in [9.17, 15) is 17.6 Å². The van der Waals surface area contributed by atoms with Gasteiger partial charge in [-0.15, -0.1) is 0 Å². The van der Waals surface area contributed by atoms with E-state index in [1.54, 1.807) is 0 Å². The van der Waals surface area contributed by atoms with Crippen molar-refractivity contribution in [3.8, 4) is 0 Å². The van der Waals surface area contributed by atoms with Gasteiger partial charge in [-0.25, -0.2) is 4.39 Å². The summed E-state index contributed by atoms with van der Waals surface area (Å²) in [6.07, 6.45) is -3.56. The Morgan fingerprint density at radius 2 is 2.05 bits per heavy atom. The molecule has 0 saturated carbocycles. The lowest BCUT2D eigenvalue weighted by atomic mass is 10.0. The van der Waals surface area contributed by atoms with Crippen molar-refractivity contribution in [1.29, 1.82) is 0 Å². The third-order valence-electron chi connectivity index (χ3n) is 3.75. The van der Waals surface area contributed by atoms with Gasteiger partial charge in [0.15, 0.2) is 0 Å². The monoisotopic (exact) mass is 290 g/mol. The number of rotatable bonds is 3. The van der Waals surface area contributed by atoms with Gasteiger partial charge in [0, 0.05) is 19.1 Å². The Morgan fingerprint density at radius 1 is 1.35 bits per heavy atom. The molecule has 1 heterocycles. The molecule has 1 aliphatic heterocycles. The quantitative estimate of drug-likeness (QED) is 0.866. The zero-order chi connectivity index (χ0) is 14.9. The molecule has 6 heteroatoms. The summed E-state index contributed by atoms with van der Waals surface area (Å²) in [7, 11) is 0. The second kappa shape index (κ2) is 5.69. The van der Waals surface area contributed by atoms with Crippen molar-refractivity contribution in [2.24, 2.45) is 11.7 Å². The first-order chi connectivity index (χ1) is 9.31. The Hall–Kier alpha value is -1.14. The van der Waals surface area contributed by atoms with Crippen molar-refractivity contribution in [3.05, 3.63) is 35.1 Å². The van der Waals surface area contributed by atoms with Crippen LogP contribution >= 0.6 is 0 Å². The summed E-state index contributed by atoms with van der Waals surface area (Å²) in [5, 5.41) is 0. The molecule has 0 bridgehead atoms. The summed E-state index contributed by atoms with van der Waals surface area (Å²) >= 11 is 0. The number of alkyl halides is 3. The standard InChI is InChI=1S/C14H18F4N2/c1-9-2-3-20(8-9)13(7-19)10-4-11(14(16,17)18)6-12(15)5-10/h4-6,9,13H,2-3,7-8,19H2,1H3. The van der Waals surface area contributed by atoms with Gasteiger partial charge < -0.3 is 5.73 Å². The average Bonchev–Trinajstić information content (AvgIpc) is 2.75. The van der Waals surface area contributed by atoms with Crippen LogP contribution in [0.3, 0.4) is 0 Å². The molecule has 0 spiro atoms. The fourth-order valence-electron chi connectivity index (χ4n) is 2.72. The smallest absolute Gasteiger partial charge is 0.329 e. The van der Waals surface area contributed by atoms with Gasteiger partial charge in [0.25, 0.3) is 0 Å². The number of benzene rings is 1. The van der Waals surface area contributed by atoms with Crippen molar-refractivity contribution in [1.82, 2.24) is 4.90 Å². The van der Waals surface area contributed by atoms with Crippen LogP contribution in [0.25, 0.3) is 0 Å². The van der Waals surface area contributed by atoms with Crippen LogP contribution in [-0.4, -0.2) is 24.5 Å². The Morgan fingerprint density at radius 3 is 2.55 bits per heavy atom. The van der Waals surface area contributed by atoms with Gasteiger partial charge in [0.2, 0.25) is 0 Å². The van der Waals surface area contributed by atoms with Gasteiger partial charge in [-0.05, 0) is 42.6 Å². The second-order valence-corrected chi connectivity index (χ2v) is 5.41.